The van der Waals surface area contributed by atoms with Gasteiger partial charge >= 0.3 is 0 Å². The van der Waals surface area contributed by atoms with E-state index in [0.717, 1.165) is 30.0 Å². The lowest BCUT2D eigenvalue weighted by Crippen LogP contribution is -2.37. The van der Waals surface area contributed by atoms with Crippen LogP contribution in [0.5, 0.6) is 0 Å². The van der Waals surface area contributed by atoms with Gasteiger partial charge in [-0.05, 0) is 67.5 Å². The van der Waals surface area contributed by atoms with Crippen molar-refractivity contribution in [3.8, 4) is 0 Å². The predicted octanol–water partition coefficient (Wildman–Crippen LogP) is 6.34. The minimum Gasteiger partial charge on any atom is -0.339 e. The highest BCUT2D eigenvalue weighted by molar-refractivity contribution is 7.89. The molecule has 0 saturated carbocycles. The van der Waals surface area contributed by atoms with Crippen LogP contribution in [0.25, 0.3) is 0 Å². The minimum absolute atomic E-state index is 0.0730. The van der Waals surface area contributed by atoms with Gasteiger partial charge in [-0.15, -0.1) is 11.3 Å². The SMILES string of the molecule is CCN(CC)C(=O)c1c(NC(=O)c2ccc(S(=O)(=O)N(CC(C)C)CC(C)C)cc2)sc2c1CCN(Cc1ccccc1)C2. The normalized spacial score (nSPS) is 13.8. The van der Waals surface area contributed by atoms with Crippen molar-refractivity contribution in [3.05, 3.63) is 81.7 Å². The van der Waals surface area contributed by atoms with Gasteiger partial charge < -0.3 is 10.2 Å². The number of nitrogens with zero attached hydrogens (tertiary/aromatic N) is 3. The van der Waals surface area contributed by atoms with Gasteiger partial charge in [-0.1, -0.05) is 58.0 Å². The zero-order valence-corrected chi connectivity index (χ0v) is 28.4. The Labute approximate surface area is 267 Å². The lowest BCUT2D eigenvalue weighted by atomic mass is 10.0. The molecular formula is C34H46N4O4S2. The number of carbonyl (C=O) groups is 2. The number of rotatable bonds is 13. The lowest BCUT2D eigenvalue weighted by molar-refractivity contribution is 0.0772. The molecule has 1 aliphatic rings. The summed E-state index contributed by atoms with van der Waals surface area (Å²) in [6.07, 6.45) is 0.729. The molecule has 1 aliphatic heterocycles. The van der Waals surface area contributed by atoms with Crippen molar-refractivity contribution >= 4 is 38.2 Å². The fourth-order valence-electron chi connectivity index (χ4n) is 5.60. The summed E-state index contributed by atoms with van der Waals surface area (Å²) in [5, 5.41) is 3.57. The predicted molar refractivity (Wildman–Crippen MR) is 179 cm³/mol. The number of carbonyl (C=O) groups excluding carboxylic acids is 2. The molecule has 0 spiro atoms. The van der Waals surface area contributed by atoms with E-state index in [1.807, 2.05) is 59.7 Å². The average molecular weight is 639 g/mol. The minimum atomic E-state index is -3.71. The number of thiophene rings is 1. The lowest BCUT2D eigenvalue weighted by Gasteiger charge is -2.28. The Bertz CT molecular complexity index is 1520. The van der Waals surface area contributed by atoms with Gasteiger partial charge in [0.25, 0.3) is 11.8 Å². The Kier molecular flexibility index (Phi) is 11.4. The Balaban J connectivity index is 1.59. The van der Waals surface area contributed by atoms with E-state index in [2.05, 4.69) is 22.3 Å². The number of hydrogen-bond donors (Lipinski definition) is 1. The monoisotopic (exact) mass is 638 g/mol. The molecule has 8 nitrogen and oxygen atoms in total. The summed E-state index contributed by atoms with van der Waals surface area (Å²) in [6.45, 7) is 16.3. The van der Waals surface area contributed by atoms with E-state index in [1.165, 1.54) is 33.3 Å². The summed E-state index contributed by atoms with van der Waals surface area (Å²) in [6, 6.07) is 16.4. The molecule has 0 bridgehead atoms. The van der Waals surface area contributed by atoms with Gasteiger partial charge in [-0.2, -0.15) is 4.31 Å². The third kappa shape index (κ3) is 7.96. The number of sulfonamides is 1. The van der Waals surface area contributed by atoms with E-state index < -0.39 is 10.0 Å². The molecule has 2 aromatic carbocycles. The molecule has 44 heavy (non-hydrogen) atoms. The summed E-state index contributed by atoms with van der Waals surface area (Å²) < 4.78 is 28.4. The standard InChI is InChI=1S/C34H46N4O4S2/c1-7-37(8-2)34(40)31-29-18-19-36(22-26-12-10-9-11-13-26)23-30(29)43-33(31)35-32(39)27-14-16-28(17-15-27)44(41,42)38(20-24(3)4)21-25(5)6/h9-17,24-25H,7-8,18-23H2,1-6H3,(H,35,39). The second kappa shape index (κ2) is 14.8. The molecule has 0 aliphatic carbocycles. The first kappa shape index (κ1) is 33.8. The van der Waals surface area contributed by atoms with E-state index >= 15 is 0 Å². The average Bonchev–Trinajstić information content (AvgIpc) is 3.34. The van der Waals surface area contributed by atoms with Crippen molar-refractivity contribution in [1.82, 2.24) is 14.1 Å². The number of benzene rings is 2. The summed E-state index contributed by atoms with van der Waals surface area (Å²) in [7, 11) is -3.71. The van der Waals surface area contributed by atoms with Crippen LogP contribution in [-0.2, 0) is 29.5 Å². The first-order chi connectivity index (χ1) is 20.9. The third-order valence-electron chi connectivity index (χ3n) is 7.77. The molecule has 1 N–H and O–H groups in total. The largest absolute Gasteiger partial charge is 0.339 e. The van der Waals surface area contributed by atoms with E-state index in [0.29, 0.717) is 48.9 Å². The van der Waals surface area contributed by atoms with Crippen molar-refractivity contribution in [2.24, 2.45) is 11.8 Å². The number of amides is 2. The Morgan fingerprint density at radius 2 is 1.55 bits per heavy atom. The van der Waals surface area contributed by atoms with Crippen LogP contribution < -0.4 is 5.32 Å². The van der Waals surface area contributed by atoms with Gasteiger partial charge in [-0.3, -0.25) is 14.5 Å². The molecule has 2 heterocycles. The highest BCUT2D eigenvalue weighted by atomic mass is 32.2. The van der Waals surface area contributed by atoms with E-state index in [9.17, 15) is 18.0 Å². The maximum absolute atomic E-state index is 13.7. The van der Waals surface area contributed by atoms with Crippen LogP contribution >= 0.6 is 11.3 Å². The zero-order chi connectivity index (χ0) is 32.0. The van der Waals surface area contributed by atoms with Crippen LogP contribution in [0.15, 0.2) is 59.5 Å². The van der Waals surface area contributed by atoms with Gasteiger partial charge in [0.05, 0.1) is 10.5 Å². The maximum Gasteiger partial charge on any atom is 0.257 e. The van der Waals surface area contributed by atoms with Crippen LogP contribution in [0.1, 0.15) is 78.3 Å². The number of nitrogens with one attached hydrogen (secondary N) is 1. The summed E-state index contributed by atoms with van der Waals surface area (Å²) >= 11 is 1.46. The molecule has 0 atom stereocenters. The first-order valence-electron chi connectivity index (χ1n) is 15.6. The van der Waals surface area contributed by atoms with Crippen LogP contribution in [0.3, 0.4) is 0 Å². The van der Waals surface area contributed by atoms with Crippen LogP contribution in [0, 0.1) is 11.8 Å². The molecule has 2 amide bonds. The smallest absolute Gasteiger partial charge is 0.257 e. The van der Waals surface area contributed by atoms with E-state index in [-0.39, 0.29) is 28.5 Å². The van der Waals surface area contributed by atoms with Crippen molar-refractivity contribution in [2.45, 2.75) is 65.9 Å². The molecule has 0 fully saturated rings. The molecule has 10 heteroatoms. The second-order valence-electron chi connectivity index (χ2n) is 12.2. The van der Waals surface area contributed by atoms with Gasteiger partial charge in [0.15, 0.2) is 0 Å². The van der Waals surface area contributed by atoms with Crippen molar-refractivity contribution in [1.29, 1.82) is 0 Å². The molecular weight excluding hydrogens is 593 g/mol. The van der Waals surface area contributed by atoms with Gasteiger partial charge in [-0.25, -0.2) is 8.42 Å². The maximum atomic E-state index is 13.7. The molecule has 0 unspecified atom stereocenters. The quantitative estimate of drug-likeness (QED) is 0.236. The van der Waals surface area contributed by atoms with Crippen LogP contribution in [-0.4, -0.2) is 67.1 Å². The summed E-state index contributed by atoms with van der Waals surface area (Å²) in [5.74, 6) is -0.0765. The van der Waals surface area contributed by atoms with E-state index in [1.54, 1.807) is 17.0 Å². The summed E-state index contributed by atoms with van der Waals surface area (Å²) in [4.78, 5) is 32.6. The van der Waals surface area contributed by atoms with Crippen LogP contribution in [0.2, 0.25) is 0 Å². The molecule has 238 valence electrons. The molecule has 3 aromatic rings. The molecule has 0 radical (unpaired) electrons. The van der Waals surface area contributed by atoms with Crippen molar-refractivity contribution < 1.29 is 18.0 Å². The topological polar surface area (TPSA) is 90.0 Å². The number of fused-ring (bicyclic) bond motifs is 1. The Morgan fingerprint density at radius 3 is 2.11 bits per heavy atom. The Morgan fingerprint density at radius 1 is 0.932 bits per heavy atom. The van der Waals surface area contributed by atoms with E-state index in [4.69, 9.17) is 0 Å². The molecule has 4 rings (SSSR count). The fraction of sp³-hybridized carbons (Fsp3) is 0.471. The highest BCUT2D eigenvalue weighted by Crippen LogP contribution is 2.38. The Hall–Kier alpha value is -3.05. The van der Waals surface area contributed by atoms with Gasteiger partial charge in [0.1, 0.15) is 5.00 Å². The zero-order valence-electron chi connectivity index (χ0n) is 26.8. The number of anilines is 1. The van der Waals surface area contributed by atoms with Crippen molar-refractivity contribution in [3.63, 3.8) is 0 Å². The van der Waals surface area contributed by atoms with Crippen molar-refractivity contribution in [2.75, 3.05) is 38.0 Å². The van der Waals surface area contributed by atoms with Gasteiger partial charge in [0.2, 0.25) is 10.0 Å². The summed E-state index contributed by atoms with van der Waals surface area (Å²) in [5.41, 5.74) is 3.17. The molecule has 0 saturated heterocycles. The fourth-order valence-corrected chi connectivity index (χ4v) is 8.65. The van der Waals surface area contributed by atoms with Crippen LogP contribution in [0.4, 0.5) is 5.00 Å². The third-order valence-corrected chi connectivity index (χ3v) is 10.7. The second-order valence-corrected chi connectivity index (χ2v) is 15.3. The molecule has 1 aromatic heterocycles. The number of hydrogen-bond acceptors (Lipinski definition) is 6. The highest BCUT2D eigenvalue weighted by Gasteiger charge is 2.31. The van der Waals surface area contributed by atoms with Gasteiger partial charge in [0, 0.05) is 56.3 Å². The first-order valence-corrected chi connectivity index (χ1v) is 17.8.